The molecular formula is C12H16F2N2O2. The quantitative estimate of drug-likeness (QED) is 0.719. The highest BCUT2D eigenvalue weighted by Crippen LogP contribution is 2.28. The maximum absolute atomic E-state index is 13.1. The van der Waals surface area contributed by atoms with Crippen molar-refractivity contribution in [3.8, 4) is 0 Å². The van der Waals surface area contributed by atoms with E-state index in [0.717, 1.165) is 12.1 Å². The highest BCUT2D eigenvalue weighted by Gasteiger charge is 2.39. The Bertz CT molecular complexity index is 456. The third-order valence-electron chi connectivity index (χ3n) is 3.34. The van der Waals surface area contributed by atoms with Crippen LogP contribution in [0.25, 0.3) is 0 Å². The Morgan fingerprint density at radius 2 is 2.17 bits per heavy atom. The van der Waals surface area contributed by atoms with Gasteiger partial charge >= 0.3 is 0 Å². The molecule has 1 aromatic rings. The molecule has 4 N–H and O–H groups in total. The number of nitrogens with two attached hydrogens (primary N) is 1. The zero-order chi connectivity index (χ0) is 13.3. The van der Waals surface area contributed by atoms with Crippen LogP contribution in [0.5, 0.6) is 0 Å². The van der Waals surface area contributed by atoms with Crippen LogP contribution >= 0.6 is 0 Å². The minimum atomic E-state index is -1.02. The van der Waals surface area contributed by atoms with Gasteiger partial charge in [0, 0.05) is 31.7 Å². The summed E-state index contributed by atoms with van der Waals surface area (Å²) < 4.78 is 31.2. The van der Waals surface area contributed by atoms with E-state index in [0.29, 0.717) is 13.0 Å². The number of nitrogen functional groups attached to an aromatic ring is 1. The Morgan fingerprint density at radius 3 is 2.78 bits per heavy atom. The Labute approximate surface area is 104 Å². The molecule has 2 rings (SSSR count). The van der Waals surface area contributed by atoms with Crippen LogP contribution in [-0.4, -0.2) is 30.0 Å². The maximum Gasteiger partial charge on any atom is 0.161 e. The van der Waals surface area contributed by atoms with Crippen LogP contribution in [0.3, 0.4) is 0 Å². The van der Waals surface area contributed by atoms with Gasteiger partial charge < -0.3 is 20.9 Å². The van der Waals surface area contributed by atoms with Crippen LogP contribution in [0.2, 0.25) is 0 Å². The van der Waals surface area contributed by atoms with E-state index in [1.165, 1.54) is 0 Å². The van der Waals surface area contributed by atoms with Gasteiger partial charge in [0.25, 0.3) is 0 Å². The smallest absolute Gasteiger partial charge is 0.161 e. The van der Waals surface area contributed by atoms with E-state index in [9.17, 15) is 13.9 Å². The van der Waals surface area contributed by atoms with E-state index >= 15 is 0 Å². The molecule has 1 aliphatic heterocycles. The fraction of sp³-hybridized carbons (Fsp3) is 0.500. The molecule has 1 fully saturated rings. The molecule has 0 aromatic heterocycles. The number of ether oxygens (including phenoxy) is 1. The van der Waals surface area contributed by atoms with E-state index in [1.807, 2.05) is 0 Å². The lowest BCUT2D eigenvalue weighted by Gasteiger charge is -2.27. The first-order valence-electron chi connectivity index (χ1n) is 5.75. The Kier molecular flexibility index (Phi) is 3.41. The summed E-state index contributed by atoms with van der Waals surface area (Å²) in [5.41, 5.74) is 4.92. The third kappa shape index (κ3) is 2.39. The number of hydrogen-bond donors (Lipinski definition) is 3. The number of halogens is 2. The molecule has 2 unspecified atom stereocenters. The molecule has 0 aliphatic carbocycles. The van der Waals surface area contributed by atoms with E-state index in [-0.39, 0.29) is 24.0 Å². The molecule has 0 radical (unpaired) electrons. The standard InChI is InChI=1S/C12H16F2N2O2/c1-7-12(17,2-3-18-7)6-16-11-5-9(14)8(13)4-10(11)15/h4-5,7,16-17H,2-3,6,15H2,1H3. The Morgan fingerprint density at radius 1 is 1.50 bits per heavy atom. The summed E-state index contributed by atoms with van der Waals surface area (Å²) in [6.45, 7) is 2.42. The van der Waals surface area contributed by atoms with Crippen LogP contribution in [0.4, 0.5) is 20.2 Å². The molecule has 4 nitrogen and oxygen atoms in total. The molecule has 0 bridgehead atoms. The molecule has 1 saturated heterocycles. The lowest BCUT2D eigenvalue weighted by Crippen LogP contribution is -2.43. The van der Waals surface area contributed by atoms with Crippen molar-refractivity contribution in [3.63, 3.8) is 0 Å². The van der Waals surface area contributed by atoms with Crippen molar-refractivity contribution in [1.29, 1.82) is 0 Å². The first-order chi connectivity index (χ1) is 8.42. The van der Waals surface area contributed by atoms with Gasteiger partial charge in [-0.05, 0) is 6.92 Å². The fourth-order valence-electron chi connectivity index (χ4n) is 1.97. The topological polar surface area (TPSA) is 67.5 Å². The first kappa shape index (κ1) is 13.0. The Balaban J connectivity index is 2.09. The predicted molar refractivity (Wildman–Crippen MR) is 64.2 cm³/mol. The molecule has 2 atom stereocenters. The lowest BCUT2D eigenvalue weighted by atomic mass is 9.96. The molecule has 1 aliphatic rings. The maximum atomic E-state index is 13.1. The van der Waals surface area contributed by atoms with Crippen LogP contribution < -0.4 is 11.1 Å². The number of rotatable bonds is 3. The summed E-state index contributed by atoms with van der Waals surface area (Å²) in [7, 11) is 0. The van der Waals surface area contributed by atoms with Crippen molar-refractivity contribution < 1.29 is 18.6 Å². The lowest BCUT2D eigenvalue weighted by molar-refractivity contribution is -0.0175. The van der Waals surface area contributed by atoms with E-state index in [1.54, 1.807) is 6.92 Å². The fourth-order valence-corrected chi connectivity index (χ4v) is 1.97. The van der Waals surface area contributed by atoms with Gasteiger partial charge in [-0.1, -0.05) is 0 Å². The third-order valence-corrected chi connectivity index (χ3v) is 3.34. The van der Waals surface area contributed by atoms with Crippen molar-refractivity contribution in [2.75, 3.05) is 24.2 Å². The highest BCUT2D eigenvalue weighted by molar-refractivity contribution is 5.66. The summed E-state index contributed by atoms with van der Waals surface area (Å²) >= 11 is 0. The van der Waals surface area contributed by atoms with E-state index < -0.39 is 17.2 Å². The van der Waals surface area contributed by atoms with Crippen LogP contribution in [0, 0.1) is 11.6 Å². The number of nitrogens with one attached hydrogen (secondary N) is 1. The minimum absolute atomic E-state index is 0.101. The van der Waals surface area contributed by atoms with Gasteiger partial charge in [-0.15, -0.1) is 0 Å². The molecule has 100 valence electrons. The predicted octanol–water partition coefficient (Wildman–Crippen LogP) is 1.50. The summed E-state index contributed by atoms with van der Waals surface area (Å²) in [6, 6.07) is 1.89. The van der Waals surface area contributed by atoms with Crippen molar-refractivity contribution in [2.45, 2.75) is 25.0 Å². The molecule has 0 spiro atoms. The summed E-state index contributed by atoms with van der Waals surface area (Å²) in [5.74, 6) is -1.97. The van der Waals surface area contributed by atoms with Crippen LogP contribution in [0.1, 0.15) is 13.3 Å². The van der Waals surface area contributed by atoms with Crippen molar-refractivity contribution in [1.82, 2.24) is 0 Å². The molecule has 1 heterocycles. The Hall–Kier alpha value is -1.40. The van der Waals surface area contributed by atoms with Gasteiger partial charge in [-0.2, -0.15) is 0 Å². The molecular weight excluding hydrogens is 242 g/mol. The van der Waals surface area contributed by atoms with Gasteiger partial charge in [0.1, 0.15) is 5.60 Å². The van der Waals surface area contributed by atoms with Crippen molar-refractivity contribution >= 4 is 11.4 Å². The number of hydrogen-bond acceptors (Lipinski definition) is 4. The monoisotopic (exact) mass is 258 g/mol. The number of anilines is 2. The van der Waals surface area contributed by atoms with E-state index in [2.05, 4.69) is 5.32 Å². The van der Waals surface area contributed by atoms with Gasteiger partial charge in [0.05, 0.1) is 17.5 Å². The number of aliphatic hydroxyl groups is 1. The van der Waals surface area contributed by atoms with Gasteiger partial charge in [0.2, 0.25) is 0 Å². The summed E-state index contributed by atoms with van der Waals surface area (Å²) in [5, 5.41) is 13.1. The van der Waals surface area contributed by atoms with Crippen molar-refractivity contribution in [2.24, 2.45) is 0 Å². The molecule has 18 heavy (non-hydrogen) atoms. The van der Waals surface area contributed by atoms with Crippen molar-refractivity contribution in [3.05, 3.63) is 23.8 Å². The number of benzene rings is 1. The van der Waals surface area contributed by atoms with Crippen LogP contribution in [0.15, 0.2) is 12.1 Å². The average Bonchev–Trinajstić information content (AvgIpc) is 2.63. The first-order valence-corrected chi connectivity index (χ1v) is 5.75. The molecule has 0 amide bonds. The normalized spacial score (nSPS) is 27.4. The van der Waals surface area contributed by atoms with E-state index in [4.69, 9.17) is 10.5 Å². The zero-order valence-electron chi connectivity index (χ0n) is 10.0. The average molecular weight is 258 g/mol. The second-order valence-corrected chi connectivity index (χ2v) is 4.57. The van der Waals surface area contributed by atoms with Gasteiger partial charge in [-0.3, -0.25) is 0 Å². The minimum Gasteiger partial charge on any atom is -0.397 e. The second-order valence-electron chi connectivity index (χ2n) is 4.57. The SMILES string of the molecule is CC1OCCC1(O)CNc1cc(F)c(F)cc1N. The second kappa shape index (κ2) is 4.70. The highest BCUT2D eigenvalue weighted by atomic mass is 19.2. The van der Waals surface area contributed by atoms with Gasteiger partial charge in [-0.25, -0.2) is 8.78 Å². The van der Waals surface area contributed by atoms with Crippen LogP contribution in [-0.2, 0) is 4.74 Å². The largest absolute Gasteiger partial charge is 0.397 e. The molecule has 0 saturated carbocycles. The summed E-state index contributed by atoms with van der Waals surface area (Å²) in [4.78, 5) is 0. The molecule has 6 heteroatoms. The van der Waals surface area contributed by atoms with Gasteiger partial charge in [0.15, 0.2) is 11.6 Å². The zero-order valence-corrected chi connectivity index (χ0v) is 10.0. The summed E-state index contributed by atoms with van der Waals surface area (Å²) in [6.07, 6.45) is 0.182. The molecule has 1 aromatic carbocycles.